The summed E-state index contributed by atoms with van der Waals surface area (Å²) < 4.78 is 12.9. The number of rotatable bonds is 4. The van der Waals surface area contributed by atoms with Gasteiger partial charge in [0.1, 0.15) is 5.82 Å². The molecule has 3 fully saturated rings. The predicted molar refractivity (Wildman–Crippen MR) is 87.1 cm³/mol. The van der Waals surface area contributed by atoms with Gasteiger partial charge in [-0.05, 0) is 41.9 Å². The van der Waals surface area contributed by atoms with E-state index in [0.717, 1.165) is 25.6 Å². The van der Waals surface area contributed by atoms with Crippen molar-refractivity contribution in [1.82, 2.24) is 10.2 Å². The molecule has 1 aromatic carbocycles. The number of fused-ring (bicyclic) bond motifs is 1. The van der Waals surface area contributed by atoms with Gasteiger partial charge < -0.3 is 15.3 Å². The van der Waals surface area contributed by atoms with E-state index < -0.39 is 6.09 Å². The Morgan fingerprint density at radius 3 is 2.52 bits per heavy atom. The highest BCUT2D eigenvalue weighted by atomic mass is 19.1. The largest absolute Gasteiger partial charge is 0.465 e. The topological polar surface area (TPSA) is 52.6 Å². The van der Waals surface area contributed by atoms with E-state index in [-0.39, 0.29) is 5.82 Å². The Balaban J connectivity index is 0.000000468. The zero-order chi connectivity index (χ0) is 16.2. The number of carboxylic acid groups (broad SMARTS) is 1. The zero-order valence-corrected chi connectivity index (χ0v) is 13.4. The average Bonchev–Trinajstić information content (AvgIpc) is 3.34. The van der Waals surface area contributed by atoms with E-state index in [1.807, 2.05) is 12.1 Å². The van der Waals surface area contributed by atoms with Gasteiger partial charge >= 0.3 is 6.09 Å². The third-order valence-corrected chi connectivity index (χ3v) is 5.00. The second-order valence-corrected chi connectivity index (χ2v) is 6.87. The zero-order valence-electron chi connectivity index (χ0n) is 13.4. The molecule has 1 saturated heterocycles. The van der Waals surface area contributed by atoms with Crippen molar-refractivity contribution >= 4 is 6.09 Å². The van der Waals surface area contributed by atoms with Crippen molar-refractivity contribution < 1.29 is 14.3 Å². The number of nitrogens with zero attached hydrogens (tertiary/aromatic N) is 1. The van der Waals surface area contributed by atoms with Crippen molar-refractivity contribution in [3.63, 3.8) is 0 Å². The smallest absolute Gasteiger partial charge is 0.404 e. The molecule has 1 amide bonds. The minimum Gasteiger partial charge on any atom is -0.465 e. The van der Waals surface area contributed by atoms with Crippen LogP contribution in [0.5, 0.6) is 0 Å². The van der Waals surface area contributed by atoms with Gasteiger partial charge in [-0.1, -0.05) is 31.4 Å². The van der Waals surface area contributed by atoms with Crippen molar-refractivity contribution in [3.05, 3.63) is 35.6 Å². The van der Waals surface area contributed by atoms with Crippen molar-refractivity contribution in [2.45, 2.75) is 31.6 Å². The fourth-order valence-electron chi connectivity index (χ4n) is 3.60. The molecule has 1 aromatic rings. The van der Waals surface area contributed by atoms with Crippen LogP contribution in [0.3, 0.4) is 0 Å². The predicted octanol–water partition coefficient (Wildman–Crippen LogP) is 3.30. The maximum absolute atomic E-state index is 12.9. The number of halogens is 1. The summed E-state index contributed by atoms with van der Waals surface area (Å²) in [6, 6.07) is 6.86. The molecule has 0 aromatic heterocycles. The quantitative estimate of drug-likeness (QED) is 0.895. The second kappa shape index (κ2) is 7.30. The third-order valence-electron chi connectivity index (χ3n) is 5.00. The lowest BCUT2D eigenvalue weighted by atomic mass is 9.64. The molecule has 3 unspecified atom stereocenters. The fraction of sp³-hybridized carbons (Fsp3) is 0.611. The lowest BCUT2D eigenvalue weighted by Gasteiger charge is -2.40. The molecule has 126 valence electrons. The Kier molecular flexibility index (Phi) is 5.16. The number of amides is 1. The second-order valence-electron chi connectivity index (χ2n) is 6.87. The van der Waals surface area contributed by atoms with E-state index in [9.17, 15) is 9.18 Å². The summed E-state index contributed by atoms with van der Waals surface area (Å²) in [6.45, 7) is 3.34. The average molecular weight is 320 g/mol. The van der Waals surface area contributed by atoms with E-state index in [1.54, 1.807) is 0 Å². The third kappa shape index (κ3) is 4.44. The van der Waals surface area contributed by atoms with Crippen LogP contribution in [0.15, 0.2) is 24.3 Å². The van der Waals surface area contributed by atoms with E-state index in [1.165, 1.54) is 43.4 Å². The highest BCUT2D eigenvalue weighted by Gasteiger charge is 2.47. The molecule has 2 saturated carbocycles. The maximum atomic E-state index is 12.9. The molecule has 1 aliphatic heterocycles. The van der Waals surface area contributed by atoms with Crippen LogP contribution in [-0.2, 0) is 0 Å². The Morgan fingerprint density at radius 1 is 1.22 bits per heavy atom. The number of hydrogen-bond acceptors (Lipinski definition) is 2. The van der Waals surface area contributed by atoms with Crippen molar-refractivity contribution in [2.75, 3.05) is 26.2 Å². The van der Waals surface area contributed by atoms with Crippen molar-refractivity contribution in [1.29, 1.82) is 0 Å². The summed E-state index contributed by atoms with van der Waals surface area (Å²) in [6.07, 6.45) is 4.70. The van der Waals surface area contributed by atoms with E-state index in [0.29, 0.717) is 18.4 Å². The van der Waals surface area contributed by atoms with Gasteiger partial charge in [-0.2, -0.15) is 0 Å². The molecule has 0 spiro atoms. The lowest BCUT2D eigenvalue weighted by molar-refractivity contribution is 0.190. The molecular weight excluding hydrogens is 295 g/mol. The number of hydrogen-bond donors (Lipinski definition) is 2. The maximum Gasteiger partial charge on any atom is 0.404 e. The number of benzene rings is 1. The highest BCUT2D eigenvalue weighted by Crippen LogP contribution is 2.51. The number of likely N-dealkylation sites (tertiary alicyclic amines) is 1. The first-order chi connectivity index (χ1) is 11.1. The molecule has 0 radical (unpaired) electrons. The molecule has 5 heteroatoms. The standard InChI is InChI=1S/C15H19FN2O2.C3H6/c16-12-3-1-10(2-4-12)13-7-11-8-18(9-14(11)13)6-5-17-15(19)20;1-2-3-1/h1-4,11,13-14,17H,5-9H2,(H,19,20);1-3H2. The highest BCUT2D eigenvalue weighted by molar-refractivity contribution is 5.64. The van der Waals surface area contributed by atoms with Crippen LogP contribution in [0, 0.1) is 17.7 Å². The molecule has 3 aliphatic rings. The van der Waals surface area contributed by atoms with E-state index >= 15 is 0 Å². The summed E-state index contributed by atoms with van der Waals surface area (Å²) in [5, 5.41) is 11.0. The van der Waals surface area contributed by atoms with Gasteiger partial charge in [0.05, 0.1) is 0 Å². The number of nitrogens with one attached hydrogen (secondary N) is 1. The molecule has 2 aliphatic carbocycles. The van der Waals surface area contributed by atoms with Crippen LogP contribution in [0.25, 0.3) is 0 Å². The van der Waals surface area contributed by atoms with E-state index in [2.05, 4.69) is 10.2 Å². The molecule has 1 heterocycles. The van der Waals surface area contributed by atoms with Crippen LogP contribution in [0.2, 0.25) is 0 Å². The molecular formula is C18H25FN2O2. The Bertz CT molecular complexity index is 530. The fourth-order valence-corrected chi connectivity index (χ4v) is 3.60. The van der Waals surface area contributed by atoms with Crippen molar-refractivity contribution in [2.24, 2.45) is 11.8 Å². The van der Waals surface area contributed by atoms with Gasteiger partial charge in [0.2, 0.25) is 0 Å². The first-order valence-electron chi connectivity index (χ1n) is 8.58. The number of carbonyl (C=O) groups is 1. The molecule has 4 rings (SSSR count). The van der Waals surface area contributed by atoms with Gasteiger partial charge in [-0.3, -0.25) is 0 Å². The normalized spacial score (nSPS) is 28.1. The summed E-state index contributed by atoms with van der Waals surface area (Å²) >= 11 is 0. The van der Waals surface area contributed by atoms with Gasteiger partial charge in [-0.25, -0.2) is 9.18 Å². The van der Waals surface area contributed by atoms with Crippen LogP contribution in [0.4, 0.5) is 9.18 Å². The molecule has 4 nitrogen and oxygen atoms in total. The first kappa shape index (κ1) is 16.2. The Hall–Kier alpha value is -1.62. The van der Waals surface area contributed by atoms with Gasteiger partial charge in [-0.15, -0.1) is 0 Å². The SMILES string of the molecule is C1CC1.O=C(O)NCCN1CC2CC(c3ccc(F)cc3)C2C1. The van der Waals surface area contributed by atoms with Crippen LogP contribution < -0.4 is 5.32 Å². The summed E-state index contributed by atoms with van der Waals surface area (Å²) in [5.74, 6) is 1.72. The molecule has 23 heavy (non-hydrogen) atoms. The van der Waals surface area contributed by atoms with Gasteiger partial charge in [0.15, 0.2) is 0 Å². The summed E-state index contributed by atoms with van der Waals surface area (Å²) in [5.41, 5.74) is 1.23. The van der Waals surface area contributed by atoms with Crippen LogP contribution in [-0.4, -0.2) is 42.3 Å². The van der Waals surface area contributed by atoms with Crippen LogP contribution in [0.1, 0.15) is 37.2 Å². The monoisotopic (exact) mass is 320 g/mol. The van der Waals surface area contributed by atoms with E-state index in [4.69, 9.17) is 5.11 Å². The molecule has 0 bridgehead atoms. The van der Waals surface area contributed by atoms with Crippen LogP contribution >= 0.6 is 0 Å². The van der Waals surface area contributed by atoms with Gasteiger partial charge in [0, 0.05) is 26.2 Å². The Labute approximate surface area is 136 Å². The first-order valence-corrected chi connectivity index (χ1v) is 8.58. The minimum atomic E-state index is -0.962. The minimum absolute atomic E-state index is 0.183. The Morgan fingerprint density at radius 2 is 1.91 bits per heavy atom. The lowest BCUT2D eigenvalue weighted by Crippen LogP contribution is -2.33. The summed E-state index contributed by atoms with van der Waals surface area (Å²) in [4.78, 5) is 12.7. The summed E-state index contributed by atoms with van der Waals surface area (Å²) in [7, 11) is 0. The van der Waals surface area contributed by atoms with Crippen molar-refractivity contribution in [3.8, 4) is 0 Å². The van der Waals surface area contributed by atoms with Gasteiger partial charge in [0.25, 0.3) is 0 Å². The molecule has 2 N–H and O–H groups in total. The molecule has 3 atom stereocenters.